The SMILES string of the molecule is C=CCn1c(=NC(=O)c2ccc(F)cc2)sc2cc(OC)c(OC)cc21. The fourth-order valence-corrected chi connectivity index (χ4v) is 3.58. The second kappa shape index (κ2) is 7.53. The minimum absolute atomic E-state index is 0.323. The summed E-state index contributed by atoms with van der Waals surface area (Å²) in [6.45, 7) is 4.24. The first-order valence-electron chi connectivity index (χ1n) is 7.78. The first-order chi connectivity index (χ1) is 12.6. The van der Waals surface area contributed by atoms with Crippen LogP contribution in [0.3, 0.4) is 0 Å². The summed E-state index contributed by atoms with van der Waals surface area (Å²) in [5, 5.41) is 0. The number of halogens is 1. The van der Waals surface area contributed by atoms with Gasteiger partial charge in [-0.05, 0) is 24.3 Å². The first-order valence-corrected chi connectivity index (χ1v) is 8.60. The quantitative estimate of drug-likeness (QED) is 0.641. The van der Waals surface area contributed by atoms with Gasteiger partial charge >= 0.3 is 0 Å². The first kappa shape index (κ1) is 17.9. The lowest BCUT2D eigenvalue weighted by Crippen LogP contribution is -2.16. The van der Waals surface area contributed by atoms with Crippen LogP contribution in [0.2, 0.25) is 0 Å². The van der Waals surface area contributed by atoms with E-state index in [1.54, 1.807) is 20.3 Å². The number of thiazole rings is 1. The number of methoxy groups -OCH3 is 2. The van der Waals surface area contributed by atoms with E-state index >= 15 is 0 Å². The lowest BCUT2D eigenvalue weighted by atomic mass is 10.2. The molecule has 0 unspecified atom stereocenters. The van der Waals surface area contributed by atoms with Gasteiger partial charge < -0.3 is 14.0 Å². The van der Waals surface area contributed by atoms with Crippen LogP contribution in [-0.4, -0.2) is 24.7 Å². The normalized spacial score (nSPS) is 11.6. The third-order valence-electron chi connectivity index (χ3n) is 3.79. The van der Waals surface area contributed by atoms with Crippen molar-refractivity contribution in [3.8, 4) is 11.5 Å². The molecule has 1 heterocycles. The number of fused-ring (bicyclic) bond motifs is 1. The molecule has 3 rings (SSSR count). The maximum Gasteiger partial charge on any atom is 0.279 e. The number of aromatic nitrogens is 1. The van der Waals surface area contributed by atoms with Gasteiger partial charge in [0.1, 0.15) is 5.82 Å². The topological polar surface area (TPSA) is 52.8 Å². The average molecular weight is 372 g/mol. The summed E-state index contributed by atoms with van der Waals surface area (Å²) >= 11 is 1.36. The molecule has 1 aromatic heterocycles. The van der Waals surface area contributed by atoms with Gasteiger partial charge in [-0.3, -0.25) is 4.79 Å². The number of carbonyl (C=O) groups excluding carboxylic acids is 1. The van der Waals surface area contributed by atoms with E-state index in [0.717, 1.165) is 10.2 Å². The molecule has 0 bridgehead atoms. The molecule has 0 N–H and O–H groups in total. The number of carbonyl (C=O) groups is 1. The minimum atomic E-state index is -0.437. The number of hydrogen-bond donors (Lipinski definition) is 0. The third-order valence-corrected chi connectivity index (χ3v) is 4.83. The minimum Gasteiger partial charge on any atom is -0.493 e. The molecule has 134 valence electrons. The van der Waals surface area contributed by atoms with Crippen molar-refractivity contribution in [1.29, 1.82) is 0 Å². The van der Waals surface area contributed by atoms with Crippen LogP contribution in [0.1, 0.15) is 10.4 Å². The van der Waals surface area contributed by atoms with Gasteiger partial charge in [0, 0.05) is 24.2 Å². The molecule has 2 aromatic carbocycles. The van der Waals surface area contributed by atoms with Gasteiger partial charge in [0.25, 0.3) is 5.91 Å². The van der Waals surface area contributed by atoms with Crippen LogP contribution in [-0.2, 0) is 6.54 Å². The summed E-state index contributed by atoms with van der Waals surface area (Å²) in [6, 6.07) is 8.99. The Morgan fingerprint density at radius 1 is 1.23 bits per heavy atom. The second-order valence-electron chi connectivity index (χ2n) is 5.38. The number of allylic oxidation sites excluding steroid dienone is 1. The number of nitrogens with zero attached hydrogens (tertiary/aromatic N) is 2. The fourth-order valence-electron chi connectivity index (χ4n) is 2.53. The summed E-state index contributed by atoms with van der Waals surface area (Å²) in [5.41, 5.74) is 1.18. The number of rotatable bonds is 5. The second-order valence-corrected chi connectivity index (χ2v) is 6.39. The maximum absolute atomic E-state index is 13.0. The predicted octanol–water partition coefficient (Wildman–Crippen LogP) is 3.79. The number of benzene rings is 2. The van der Waals surface area contributed by atoms with Gasteiger partial charge in [0.15, 0.2) is 16.3 Å². The maximum atomic E-state index is 13.0. The molecular formula is C19H17FN2O3S. The summed E-state index contributed by atoms with van der Waals surface area (Å²) in [6.07, 6.45) is 1.73. The van der Waals surface area contributed by atoms with Gasteiger partial charge in [0.05, 0.1) is 24.4 Å². The molecule has 26 heavy (non-hydrogen) atoms. The highest BCUT2D eigenvalue weighted by Gasteiger charge is 2.13. The van der Waals surface area contributed by atoms with Crippen LogP contribution in [0.5, 0.6) is 11.5 Å². The molecule has 0 saturated heterocycles. The molecule has 0 aliphatic rings. The third kappa shape index (κ3) is 3.39. The molecule has 0 fully saturated rings. The van der Waals surface area contributed by atoms with E-state index in [1.807, 2.05) is 16.7 Å². The van der Waals surface area contributed by atoms with Crippen LogP contribution in [0.4, 0.5) is 4.39 Å². The number of ether oxygens (including phenoxy) is 2. The lowest BCUT2D eigenvalue weighted by molar-refractivity contribution is 0.0998. The van der Waals surface area contributed by atoms with Crippen molar-refractivity contribution in [2.24, 2.45) is 4.99 Å². The van der Waals surface area contributed by atoms with Crippen molar-refractivity contribution in [2.45, 2.75) is 6.54 Å². The van der Waals surface area contributed by atoms with Crippen molar-refractivity contribution in [1.82, 2.24) is 4.57 Å². The largest absolute Gasteiger partial charge is 0.493 e. The molecule has 0 spiro atoms. The highest BCUT2D eigenvalue weighted by atomic mass is 32.1. The highest BCUT2D eigenvalue weighted by Crippen LogP contribution is 2.33. The van der Waals surface area contributed by atoms with Gasteiger partial charge in [0.2, 0.25) is 0 Å². The summed E-state index contributed by atoms with van der Waals surface area (Å²) < 4.78 is 26.5. The lowest BCUT2D eigenvalue weighted by Gasteiger charge is -2.08. The van der Waals surface area contributed by atoms with Gasteiger partial charge in [-0.25, -0.2) is 4.39 Å². The van der Waals surface area contributed by atoms with Gasteiger partial charge in [-0.15, -0.1) is 6.58 Å². The smallest absolute Gasteiger partial charge is 0.279 e. The molecule has 5 nitrogen and oxygen atoms in total. The number of hydrogen-bond acceptors (Lipinski definition) is 4. The Kier molecular flexibility index (Phi) is 5.18. The van der Waals surface area contributed by atoms with Crippen LogP contribution in [0.15, 0.2) is 54.0 Å². The van der Waals surface area contributed by atoms with E-state index in [4.69, 9.17) is 9.47 Å². The zero-order valence-electron chi connectivity index (χ0n) is 14.4. The van der Waals surface area contributed by atoms with E-state index in [9.17, 15) is 9.18 Å². The zero-order chi connectivity index (χ0) is 18.7. The Bertz CT molecular complexity index is 1040. The Labute approximate surface area is 153 Å². The predicted molar refractivity (Wildman–Crippen MR) is 99.4 cm³/mol. The monoisotopic (exact) mass is 372 g/mol. The molecule has 0 atom stereocenters. The van der Waals surface area contributed by atoms with Crippen molar-refractivity contribution in [2.75, 3.05) is 14.2 Å². The van der Waals surface area contributed by atoms with Crippen molar-refractivity contribution < 1.29 is 18.7 Å². The van der Waals surface area contributed by atoms with Crippen molar-refractivity contribution >= 4 is 27.5 Å². The van der Waals surface area contributed by atoms with Crippen molar-refractivity contribution in [3.63, 3.8) is 0 Å². The molecule has 0 aliphatic heterocycles. The van der Waals surface area contributed by atoms with E-state index < -0.39 is 11.7 Å². The zero-order valence-corrected chi connectivity index (χ0v) is 15.2. The van der Waals surface area contributed by atoms with Crippen LogP contribution in [0, 0.1) is 5.82 Å². The van der Waals surface area contributed by atoms with Crippen LogP contribution >= 0.6 is 11.3 Å². The van der Waals surface area contributed by atoms with Crippen molar-refractivity contribution in [3.05, 3.63) is 65.2 Å². The van der Waals surface area contributed by atoms with E-state index in [2.05, 4.69) is 11.6 Å². The van der Waals surface area contributed by atoms with E-state index in [-0.39, 0.29) is 0 Å². The molecule has 7 heteroatoms. The summed E-state index contributed by atoms with van der Waals surface area (Å²) in [4.78, 5) is 17.2. The molecule has 3 aromatic rings. The van der Waals surface area contributed by atoms with Crippen LogP contribution < -0.4 is 14.3 Å². The Balaban J connectivity index is 2.17. The standard InChI is InChI=1S/C19H17FN2O3S/c1-4-9-22-14-10-15(24-2)16(25-3)11-17(14)26-19(22)21-18(23)12-5-7-13(20)8-6-12/h4-8,10-11H,1,9H2,2-3H3. The summed E-state index contributed by atoms with van der Waals surface area (Å²) in [5.74, 6) is 0.355. The molecule has 1 amide bonds. The molecule has 0 saturated carbocycles. The molecule has 0 aliphatic carbocycles. The van der Waals surface area contributed by atoms with Crippen LogP contribution in [0.25, 0.3) is 10.2 Å². The Morgan fingerprint density at radius 2 is 1.88 bits per heavy atom. The summed E-state index contributed by atoms with van der Waals surface area (Å²) in [7, 11) is 3.13. The number of amides is 1. The fraction of sp³-hybridized carbons (Fsp3) is 0.158. The average Bonchev–Trinajstić information content (AvgIpc) is 2.97. The van der Waals surface area contributed by atoms with Gasteiger partial charge in [-0.2, -0.15) is 4.99 Å². The Hall–Kier alpha value is -2.93. The van der Waals surface area contributed by atoms with Gasteiger partial charge in [-0.1, -0.05) is 17.4 Å². The van der Waals surface area contributed by atoms with E-state index in [0.29, 0.717) is 28.4 Å². The Morgan fingerprint density at radius 3 is 2.50 bits per heavy atom. The molecule has 0 radical (unpaired) electrons. The van der Waals surface area contributed by atoms with E-state index in [1.165, 1.54) is 35.6 Å². The molecular weight excluding hydrogens is 355 g/mol. The highest BCUT2D eigenvalue weighted by molar-refractivity contribution is 7.16.